The Bertz CT molecular complexity index is 906. The molecule has 7 heteroatoms. The van der Waals surface area contributed by atoms with Crippen molar-refractivity contribution in [1.29, 1.82) is 0 Å². The highest BCUT2D eigenvalue weighted by Crippen LogP contribution is 2.22. The van der Waals surface area contributed by atoms with E-state index in [0.717, 1.165) is 22.9 Å². The van der Waals surface area contributed by atoms with Crippen molar-refractivity contribution in [2.24, 2.45) is 0 Å². The zero-order valence-electron chi connectivity index (χ0n) is 15.3. The number of carbonyl (C=O) groups excluding carboxylic acids is 1. The summed E-state index contributed by atoms with van der Waals surface area (Å²) in [6, 6.07) is 10.8. The minimum absolute atomic E-state index is 0.0438. The molecule has 140 valence electrons. The lowest BCUT2D eigenvalue weighted by Gasteiger charge is -2.23. The molecule has 1 amide bonds. The summed E-state index contributed by atoms with van der Waals surface area (Å²) >= 11 is 5.91. The van der Waals surface area contributed by atoms with Crippen LogP contribution in [-0.4, -0.2) is 27.1 Å². The summed E-state index contributed by atoms with van der Waals surface area (Å²) in [6.07, 6.45) is 1.19. The van der Waals surface area contributed by atoms with Gasteiger partial charge in [0.2, 0.25) is 15.9 Å². The number of sulfonamides is 1. The van der Waals surface area contributed by atoms with Gasteiger partial charge in [-0.3, -0.25) is 9.10 Å². The van der Waals surface area contributed by atoms with Crippen molar-refractivity contribution in [3.8, 4) is 0 Å². The molecule has 2 aromatic rings. The van der Waals surface area contributed by atoms with Gasteiger partial charge in [0, 0.05) is 23.7 Å². The molecule has 0 saturated heterocycles. The van der Waals surface area contributed by atoms with Gasteiger partial charge in [-0.1, -0.05) is 17.7 Å². The van der Waals surface area contributed by atoms with Crippen molar-refractivity contribution in [1.82, 2.24) is 0 Å². The zero-order chi connectivity index (χ0) is 19.5. The number of halogens is 1. The molecule has 5 nitrogen and oxygen atoms in total. The van der Waals surface area contributed by atoms with Gasteiger partial charge in [-0.25, -0.2) is 8.42 Å². The van der Waals surface area contributed by atoms with E-state index in [9.17, 15) is 13.2 Å². The summed E-state index contributed by atoms with van der Waals surface area (Å²) in [5.74, 6) is -0.256. The molecule has 0 aliphatic rings. The lowest BCUT2D eigenvalue weighted by atomic mass is 10.1. The summed E-state index contributed by atoms with van der Waals surface area (Å²) < 4.78 is 25.7. The van der Waals surface area contributed by atoms with Crippen LogP contribution >= 0.6 is 11.6 Å². The van der Waals surface area contributed by atoms with E-state index in [-0.39, 0.29) is 18.9 Å². The molecule has 0 saturated carbocycles. The number of anilines is 2. The van der Waals surface area contributed by atoms with Crippen LogP contribution in [0.4, 0.5) is 11.4 Å². The molecule has 0 heterocycles. The van der Waals surface area contributed by atoms with Crippen LogP contribution in [0.5, 0.6) is 0 Å². The molecule has 0 aliphatic carbocycles. The molecule has 0 atom stereocenters. The van der Waals surface area contributed by atoms with Crippen molar-refractivity contribution in [3.05, 3.63) is 58.1 Å². The zero-order valence-corrected chi connectivity index (χ0v) is 16.9. The Hall–Kier alpha value is -2.05. The third-order valence-electron chi connectivity index (χ3n) is 3.90. The monoisotopic (exact) mass is 394 g/mol. The predicted molar refractivity (Wildman–Crippen MR) is 108 cm³/mol. The van der Waals surface area contributed by atoms with Crippen LogP contribution in [0.2, 0.25) is 5.02 Å². The number of aryl methyl sites for hydroxylation is 3. The van der Waals surface area contributed by atoms with E-state index < -0.39 is 10.0 Å². The summed E-state index contributed by atoms with van der Waals surface area (Å²) in [6.45, 7) is 5.74. The first-order valence-electron chi connectivity index (χ1n) is 8.18. The van der Waals surface area contributed by atoms with E-state index in [0.29, 0.717) is 16.4 Å². The van der Waals surface area contributed by atoms with Crippen LogP contribution in [0.3, 0.4) is 0 Å². The van der Waals surface area contributed by atoms with E-state index in [1.165, 1.54) is 4.31 Å². The Labute approximate surface area is 160 Å². The third-order valence-corrected chi connectivity index (χ3v) is 5.33. The second-order valence-electron chi connectivity index (χ2n) is 6.44. The molecule has 0 bridgehead atoms. The maximum atomic E-state index is 12.3. The fraction of sp³-hybridized carbons (Fsp3) is 0.316. The first-order chi connectivity index (χ1) is 12.1. The van der Waals surface area contributed by atoms with Crippen molar-refractivity contribution in [2.75, 3.05) is 22.4 Å². The minimum atomic E-state index is -3.50. The number of carbonyl (C=O) groups is 1. The van der Waals surface area contributed by atoms with Crippen LogP contribution in [-0.2, 0) is 14.8 Å². The average Bonchev–Trinajstić information content (AvgIpc) is 2.48. The molecular formula is C19H23ClN2O3S. The predicted octanol–water partition coefficient (Wildman–Crippen LogP) is 4.06. The molecule has 26 heavy (non-hydrogen) atoms. The molecule has 2 aromatic carbocycles. The van der Waals surface area contributed by atoms with Crippen LogP contribution in [0.1, 0.15) is 23.1 Å². The van der Waals surface area contributed by atoms with E-state index in [1.54, 1.807) is 30.3 Å². The molecule has 0 fully saturated rings. The average molecular weight is 395 g/mol. The summed E-state index contributed by atoms with van der Waals surface area (Å²) in [5.41, 5.74) is 4.02. The van der Waals surface area contributed by atoms with Crippen molar-refractivity contribution < 1.29 is 13.2 Å². The maximum Gasteiger partial charge on any atom is 0.232 e. The van der Waals surface area contributed by atoms with Gasteiger partial charge in [0.25, 0.3) is 0 Å². The van der Waals surface area contributed by atoms with Gasteiger partial charge in [0.15, 0.2) is 0 Å². The first-order valence-corrected chi connectivity index (χ1v) is 10.4. The van der Waals surface area contributed by atoms with E-state index in [1.807, 2.05) is 26.8 Å². The quantitative estimate of drug-likeness (QED) is 0.803. The van der Waals surface area contributed by atoms with Gasteiger partial charge in [-0.05, 0) is 67.8 Å². The number of hydrogen-bond acceptors (Lipinski definition) is 3. The number of benzene rings is 2. The fourth-order valence-corrected chi connectivity index (χ4v) is 3.90. The van der Waals surface area contributed by atoms with Gasteiger partial charge in [0.1, 0.15) is 0 Å². The molecule has 0 radical (unpaired) electrons. The smallest absolute Gasteiger partial charge is 0.232 e. The Morgan fingerprint density at radius 1 is 1.08 bits per heavy atom. The Morgan fingerprint density at radius 2 is 1.69 bits per heavy atom. The highest BCUT2D eigenvalue weighted by Gasteiger charge is 2.19. The van der Waals surface area contributed by atoms with Crippen molar-refractivity contribution in [2.45, 2.75) is 27.2 Å². The second kappa shape index (κ2) is 8.10. The number of amides is 1. The number of rotatable bonds is 6. The van der Waals surface area contributed by atoms with Crippen molar-refractivity contribution in [3.63, 3.8) is 0 Å². The lowest BCUT2D eigenvalue weighted by molar-refractivity contribution is -0.116. The maximum absolute atomic E-state index is 12.3. The highest BCUT2D eigenvalue weighted by molar-refractivity contribution is 7.92. The van der Waals surface area contributed by atoms with Crippen LogP contribution in [0, 0.1) is 20.8 Å². The normalized spacial score (nSPS) is 11.3. The molecule has 2 rings (SSSR count). The Kier molecular flexibility index (Phi) is 6.31. The molecular weight excluding hydrogens is 372 g/mol. The first kappa shape index (κ1) is 20.3. The largest absolute Gasteiger partial charge is 0.326 e. The van der Waals surface area contributed by atoms with Crippen LogP contribution in [0.25, 0.3) is 0 Å². The van der Waals surface area contributed by atoms with Gasteiger partial charge in [0.05, 0.1) is 11.9 Å². The van der Waals surface area contributed by atoms with Gasteiger partial charge in [-0.2, -0.15) is 0 Å². The van der Waals surface area contributed by atoms with Gasteiger partial charge < -0.3 is 5.32 Å². The van der Waals surface area contributed by atoms with Crippen LogP contribution < -0.4 is 9.62 Å². The van der Waals surface area contributed by atoms with Gasteiger partial charge >= 0.3 is 0 Å². The number of nitrogens with one attached hydrogen (secondary N) is 1. The highest BCUT2D eigenvalue weighted by atomic mass is 35.5. The number of hydrogen-bond donors (Lipinski definition) is 1. The Morgan fingerprint density at radius 3 is 2.23 bits per heavy atom. The Balaban J connectivity index is 2.13. The summed E-state index contributed by atoms with van der Waals surface area (Å²) in [7, 11) is -3.50. The summed E-state index contributed by atoms with van der Waals surface area (Å²) in [5, 5.41) is 3.40. The molecule has 1 N–H and O–H groups in total. The van der Waals surface area contributed by atoms with E-state index >= 15 is 0 Å². The second-order valence-corrected chi connectivity index (χ2v) is 8.78. The topological polar surface area (TPSA) is 66.5 Å². The third kappa shape index (κ3) is 5.47. The molecule has 0 unspecified atom stereocenters. The van der Waals surface area contributed by atoms with Crippen LogP contribution in [0.15, 0.2) is 36.4 Å². The summed E-state index contributed by atoms with van der Waals surface area (Å²) in [4.78, 5) is 12.3. The lowest BCUT2D eigenvalue weighted by Crippen LogP contribution is -2.33. The standard InChI is InChI=1S/C19H23ClN2O3S/c1-13-9-14(2)11-17(10-13)22(26(4,24)25)8-7-19(23)21-18-6-5-16(20)12-15(18)3/h5-6,9-12H,7-8H2,1-4H3,(H,21,23). The van der Waals surface area contributed by atoms with E-state index in [2.05, 4.69) is 5.32 Å². The van der Waals surface area contributed by atoms with Crippen molar-refractivity contribution >= 4 is 38.9 Å². The van der Waals surface area contributed by atoms with E-state index in [4.69, 9.17) is 11.6 Å². The fourth-order valence-electron chi connectivity index (χ4n) is 2.76. The van der Waals surface area contributed by atoms with Gasteiger partial charge in [-0.15, -0.1) is 0 Å². The SMILES string of the molecule is Cc1cc(C)cc(N(CCC(=O)Nc2ccc(Cl)cc2C)S(C)(=O)=O)c1. The number of nitrogens with zero attached hydrogens (tertiary/aromatic N) is 1. The molecule has 0 spiro atoms. The minimum Gasteiger partial charge on any atom is -0.326 e. The molecule has 0 aliphatic heterocycles. The molecule has 0 aromatic heterocycles.